The second-order valence-electron chi connectivity index (χ2n) is 6.59. The number of ether oxygens (including phenoxy) is 1. The predicted molar refractivity (Wildman–Crippen MR) is 74.0 cm³/mol. The van der Waals surface area contributed by atoms with Crippen molar-refractivity contribution in [2.75, 3.05) is 13.2 Å². The van der Waals surface area contributed by atoms with Crippen LogP contribution in [0, 0.1) is 5.92 Å². The highest BCUT2D eigenvalue weighted by Gasteiger charge is 2.54. The van der Waals surface area contributed by atoms with Crippen molar-refractivity contribution in [2.24, 2.45) is 5.92 Å². The minimum absolute atomic E-state index is 0.0326. The third kappa shape index (κ3) is 2.32. The molecule has 3 rings (SSSR count). The molecule has 0 radical (unpaired) electrons. The number of piperazine rings is 1. The van der Waals surface area contributed by atoms with Crippen molar-refractivity contribution in [2.45, 2.75) is 63.6 Å². The van der Waals surface area contributed by atoms with E-state index in [2.05, 4.69) is 5.32 Å². The first kappa shape index (κ1) is 13.9. The zero-order valence-electron chi connectivity index (χ0n) is 12.4. The molecule has 20 heavy (non-hydrogen) atoms. The molecule has 3 atom stereocenters. The van der Waals surface area contributed by atoms with Gasteiger partial charge in [-0.1, -0.05) is 0 Å². The predicted octanol–water partition coefficient (Wildman–Crippen LogP) is 1.07. The SMILES string of the molecule is CC1C(=O)NC(C)(C2CC2)C(=O)N1CC1CCCCO1. The number of nitrogens with one attached hydrogen (secondary N) is 1. The van der Waals surface area contributed by atoms with Crippen LogP contribution < -0.4 is 5.32 Å². The molecule has 3 aliphatic rings. The summed E-state index contributed by atoms with van der Waals surface area (Å²) >= 11 is 0. The lowest BCUT2D eigenvalue weighted by atomic mass is 9.89. The maximum absolute atomic E-state index is 12.8. The number of hydrogen-bond acceptors (Lipinski definition) is 3. The first-order chi connectivity index (χ1) is 9.52. The average molecular weight is 280 g/mol. The van der Waals surface area contributed by atoms with E-state index in [9.17, 15) is 9.59 Å². The number of amides is 2. The summed E-state index contributed by atoms with van der Waals surface area (Å²) in [6.45, 7) is 5.01. The normalized spacial score (nSPS) is 38.8. The van der Waals surface area contributed by atoms with Gasteiger partial charge in [-0.25, -0.2) is 0 Å². The molecular formula is C15H24N2O3. The zero-order valence-corrected chi connectivity index (χ0v) is 12.4. The lowest BCUT2D eigenvalue weighted by molar-refractivity contribution is -0.157. The van der Waals surface area contributed by atoms with Crippen LogP contribution in [0.4, 0.5) is 0 Å². The van der Waals surface area contributed by atoms with Gasteiger partial charge in [-0.15, -0.1) is 0 Å². The third-order valence-corrected chi connectivity index (χ3v) is 5.00. The van der Waals surface area contributed by atoms with Gasteiger partial charge in [-0.2, -0.15) is 0 Å². The lowest BCUT2D eigenvalue weighted by Gasteiger charge is -2.45. The van der Waals surface area contributed by atoms with Gasteiger partial charge in [0, 0.05) is 13.2 Å². The second-order valence-corrected chi connectivity index (χ2v) is 6.59. The monoisotopic (exact) mass is 280 g/mol. The number of rotatable bonds is 3. The molecule has 0 spiro atoms. The highest BCUT2D eigenvalue weighted by Crippen LogP contribution is 2.42. The summed E-state index contributed by atoms with van der Waals surface area (Å²) in [6.07, 6.45) is 5.38. The van der Waals surface area contributed by atoms with Crippen LogP contribution in [0.25, 0.3) is 0 Å². The van der Waals surface area contributed by atoms with Crippen LogP contribution in [0.15, 0.2) is 0 Å². The van der Waals surface area contributed by atoms with Crippen molar-refractivity contribution >= 4 is 11.8 Å². The molecule has 1 N–H and O–H groups in total. The van der Waals surface area contributed by atoms with Crippen LogP contribution >= 0.6 is 0 Å². The molecule has 2 saturated heterocycles. The summed E-state index contributed by atoms with van der Waals surface area (Å²) in [6, 6.07) is -0.389. The molecule has 1 saturated carbocycles. The maximum Gasteiger partial charge on any atom is 0.249 e. The first-order valence-electron chi connectivity index (χ1n) is 7.77. The van der Waals surface area contributed by atoms with Crippen LogP contribution in [-0.4, -0.2) is 47.6 Å². The molecular weight excluding hydrogens is 256 g/mol. The van der Waals surface area contributed by atoms with Crippen molar-refractivity contribution < 1.29 is 14.3 Å². The van der Waals surface area contributed by atoms with E-state index in [1.165, 1.54) is 0 Å². The summed E-state index contributed by atoms with van der Waals surface area (Å²) < 4.78 is 5.73. The molecule has 0 bridgehead atoms. The van der Waals surface area contributed by atoms with E-state index in [1.54, 1.807) is 4.90 Å². The first-order valence-corrected chi connectivity index (χ1v) is 7.77. The van der Waals surface area contributed by atoms with E-state index in [0.29, 0.717) is 12.5 Å². The van der Waals surface area contributed by atoms with E-state index >= 15 is 0 Å². The summed E-state index contributed by atoms with van der Waals surface area (Å²) in [5.41, 5.74) is -0.696. The average Bonchev–Trinajstić information content (AvgIpc) is 3.27. The Kier molecular flexibility index (Phi) is 3.48. The molecule has 0 aromatic heterocycles. The van der Waals surface area contributed by atoms with E-state index in [-0.39, 0.29) is 24.0 Å². The van der Waals surface area contributed by atoms with Crippen LogP contribution in [0.3, 0.4) is 0 Å². The van der Waals surface area contributed by atoms with Gasteiger partial charge >= 0.3 is 0 Å². The smallest absolute Gasteiger partial charge is 0.249 e. The van der Waals surface area contributed by atoms with Crippen molar-refractivity contribution in [3.63, 3.8) is 0 Å². The molecule has 3 fully saturated rings. The molecule has 2 amide bonds. The fraction of sp³-hybridized carbons (Fsp3) is 0.867. The van der Waals surface area contributed by atoms with Gasteiger partial charge in [-0.3, -0.25) is 9.59 Å². The van der Waals surface area contributed by atoms with Gasteiger partial charge in [-0.05, 0) is 51.9 Å². The highest BCUT2D eigenvalue weighted by molar-refractivity contribution is 5.99. The van der Waals surface area contributed by atoms with Crippen LogP contribution in [0.1, 0.15) is 46.0 Å². The van der Waals surface area contributed by atoms with Crippen molar-refractivity contribution in [3.05, 3.63) is 0 Å². The Labute approximate surface area is 120 Å². The summed E-state index contributed by atoms with van der Waals surface area (Å²) in [5.74, 6) is 0.345. The summed E-state index contributed by atoms with van der Waals surface area (Å²) in [5, 5.41) is 2.95. The Morgan fingerprint density at radius 2 is 2.05 bits per heavy atom. The highest BCUT2D eigenvalue weighted by atomic mass is 16.5. The van der Waals surface area contributed by atoms with Gasteiger partial charge in [0.05, 0.1) is 6.10 Å². The van der Waals surface area contributed by atoms with Crippen LogP contribution in [0.5, 0.6) is 0 Å². The Bertz CT molecular complexity index is 415. The zero-order chi connectivity index (χ0) is 14.3. The maximum atomic E-state index is 12.8. The van der Waals surface area contributed by atoms with Gasteiger partial charge in [0.1, 0.15) is 11.6 Å². The molecule has 1 aliphatic carbocycles. The molecule has 0 aromatic carbocycles. The minimum Gasteiger partial charge on any atom is -0.376 e. The van der Waals surface area contributed by atoms with E-state index < -0.39 is 5.54 Å². The molecule has 112 valence electrons. The van der Waals surface area contributed by atoms with E-state index in [0.717, 1.165) is 38.7 Å². The number of carbonyl (C=O) groups excluding carboxylic acids is 2. The quantitative estimate of drug-likeness (QED) is 0.841. The van der Waals surface area contributed by atoms with Gasteiger partial charge < -0.3 is 15.0 Å². The molecule has 2 heterocycles. The second kappa shape index (κ2) is 5.02. The van der Waals surface area contributed by atoms with Gasteiger partial charge in [0.15, 0.2) is 0 Å². The third-order valence-electron chi connectivity index (χ3n) is 5.00. The standard InChI is InChI=1S/C15H24N2O3/c1-10-13(18)16-15(2,11-6-7-11)14(19)17(10)9-12-5-3-4-8-20-12/h10-12H,3-9H2,1-2H3,(H,16,18). The fourth-order valence-electron chi connectivity index (χ4n) is 3.38. The van der Waals surface area contributed by atoms with Crippen LogP contribution in [-0.2, 0) is 14.3 Å². The molecule has 2 aliphatic heterocycles. The van der Waals surface area contributed by atoms with Gasteiger partial charge in [0.25, 0.3) is 0 Å². The number of carbonyl (C=O) groups is 2. The van der Waals surface area contributed by atoms with Crippen molar-refractivity contribution in [3.8, 4) is 0 Å². The Morgan fingerprint density at radius 1 is 1.30 bits per heavy atom. The van der Waals surface area contributed by atoms with Crippen LogP contribution in [0.2, 0.25) is 0 Å². The summed E-state index contributed by atoms with van der Waals surface area (Å²) in [4.78, 5) is 26.8. The number of hydrogen-bond donors (Lipinski definition) is 1. The Morgan fingerprint density at radius 3 is 2.65 bits per heavy atom. The summed E-state index contributed by atoms with van der Waals surface area (Å²) in [7, 11) is 0. The van der Waals surface area contributed by atoms with Gasteiger partial charge in [0.2, 0.25) is 11.8 Å². The lowest BCUT2D eigenvalue weighted by Crippen LogP contribution is -2.70. The fourth-order valence-corrected chi connectivity index (χ4v) is 3.38. The van der Waals surface area contributed by atoms with E-state index in [1.807, 2.05) is 13.8 Å². The molecule has 0 aromatic rings. The Balaban J connectivity index is 1.75. The Hall–Kier alpha value is -1.10. The largest absolute Gasteiger partial charge is 0.376 e. The molecule has 5 nitrogen and oxygen atoms in total. The van der Waals surface area contributed by atoms with Crippen molar-refractivity contribution in [1.82, 2.24) is 10.2 Å². The topological polar surface area (TPSA) is 58.6 Å². The number of nitrogens with zero attached hydrogens (tertiary/aromatic N) is 1. The minimum atomic E-state index is -0.696. The molecule has 3 unspecified atom stereocenters. The van der Waals surface area contributed by atoms with Crippen molar-refractivity contribution in [1.29, 1.82) is 0 Å². The molecule has 5 heteroatoms. The van der Waals surface area contributed by atoms with E-state index in [4.69, 9.17) is 4.74 Å².